The molecule has 27 heavy (non-hydrogen) atoms. The minimum atomic E-state index is -0.313. The van der Waals surface area contributed by atoms with E-state index in [2.05, 4.69) is 15.4 Å². The highest BCUT2D eigenvalue weighted by Crippen LogP contribution is 2.25. The van der Waals surface area contributed by atoms with Gasteiger partial charge in [-0.15, -0.1) is 0 Å². The fraction of sp³-hybridized carbons (Fsp3) is 0.0952. The Kier molecular flexibility index (Phi) is 4.53. The SMILES string of the molecule is CCOc1ccccc1NC(=O)c1cc2nccc(-c3ccccc3)n2n1. The fourth-order valence-corrected chi connectivity index (χ4v) is 2.87. The molecular weight excluding hydrogens is 340 g/mol. The normalized spacial score (nSPS) is 10.7. The van der Waals surface area contributed by atoms with Crippen molar-refractivity contribution >= 4 is 17.2 Å². The van der Waals surface area contributed by atoms with Gasteiger partial charge in [-0.25, -0.2) is 9.50 Å². The Bertz CT molecular complexity index is 1090. The van der Waals surface area contributed by atoms with E-state index in [9.17, 15) is 4.79 Å². The summed E-state index contributed by atoms with van der Waals surface area (Å²) in [7, 11) is 0. The Morgan fingerprint density at radius 2 is 1.85 bits per heavy atom. The van der Waals surface area contributed by atoms with Crippen molar-refractivity contribution < 1.29 is 9.53 Å². The van der Waals surface area contributed by atoms with Gasteiger partial charge in [-0.3, -0.25) is 4.79 Å². The van der Waals surface area contributed by atoms with E-state index in [4.69, 9.17) is 4.74 Å². The molecule has 1 amide bonds. The number of carbonyl (C=O) groups is 1. The molecule has 6 nitrogen and oxygen atoms in total. The van der Waals surface area contributed by atoms with Crippen molar-refractivity contribution in [1.82, 2.24) is 14.6 Å². The van der Waals surface area contributed by atoms with Gasteiger partial charge in [-0.2, -0.15) is 5.10 Å². The summed E-state index contributed by atoms with van der Waals surface area (Å²) in [4.78, 5) is 17.0. The molecule has 4 aromatic rings. The highest BCUT2D eigenvalue weighted by Gasteiger charge is 2.15. The number of nitrogens with zero attached hydrogens (tertiary/aromatic N) is 3. The predicted molar refractivity (Wildman–Crippen MR) is 104 cm³/mol. The zero-order valence-electron chi connectivity index (χ0n) is 14.8. The Morgan fingerprint density at radius 3 is 2.67 bits per heavy atom. The van der Waals surface area contributed by atoms with Gasteiger partial charge < -0.3 is 10.1 Å². The summed E-state index contributed by atoms with van der Waals surface area (Å²) in [6.45, 7) is 2.42. The molecule has 0 unspecified atom stereocenters. The smallest absolute Gasteiger partial charge is 0.276 e. The average Bonchev–Trinajstić information content (AvgIpc) is 3.15. The van der Waals surface area contributed by atoms with E-state index in [0.717, 1.165) is 11.3 Å². The van der Waals surface area contributed by atoms with Crippen molar-refractivity contribution in [2.75, 3.05) is 11.9 Å². The predicted octanol–water partition coefficient (Wildman–Crippen LogP) is 4.05. The molecule has 0 aliphatic rings. The van der Waals surface area contributed by atoms with Crippen molar-refractivity contribution in [3.63, 3.8) is 0 Å². The largest absolute Gasteiger partial charge is 0.492 e. The Labute approximate surface area is 156 Å². The number of hydrogen-bond acceptors (Lipinski definition) is 4. The average molecular weight is 358 g/mol. The molecule has 0 saturated heterocycles. The molecule has 6 heteroatoms. The molecular formula is C21H18N4O2. The molecule has 2 aromatic heterocycles. The lowest BCUT2D eigenvalue weighted by Gasteiger charge is -2.10. The topological polar surface area (TPSA) is 68.5 Å². The van der Waals surface area contributed by atoms with E-state index in [1.165, 1.54) is 0 Å². The van der Waals surface area contributed by atoms with E-state index in [0.29, 0.717) is 23.7 Å². The van der Waals surface area contributed by atoms with Gasteiger partial charge in [0.15, 0.2) is 11.3 Å². The summed E-state index contributed by atoms with van der Waals surface area (Å²) in [6, 6.07) is 20.7. The standard InChI is InChI=1S/C21H18N4O2/c1-2-27-19-11-7-6-10-16(19)23-21(26)17-14-20-22-13-12-18(25(20)24-17)15-8-4-3-5-9-15/h3-14H,2H2,1H3,(H,23,26). The monoisotopic (exact) mass is 358 g/mol. The third kappa shape index (κ3) is 3.37. The minimum Gasteiger partial charge on any atom is -0.492 e. The summed E-state index contributed by atoms with van der Waals surface area (Å²) in [5.41, 5.74) is 3.38. The van der Waals surface area contributed by atoms with Crippen molar-refractivity contribution in [2.45, 2.75) is 6.92 Å². The maximum Gasteiger partial charge on any atom is 0.276 e. The molecule has 0 aliphatic carbocycles. The van der Waals surface area contributed by atoms with E-state index in [1.54, 1.807) is 22.8 Å². The van der Waals surface area contributed by atoms with Crippen molar-refractivity contribution in [1.29, 1.82) is 0 Å². The van der Waals surface area contributed by atoms with Crippen LogP contribution in [-0.2, 0) is 0 Å². The highest BCUT2D eigenvalue weighted by atomic mass is 16.5. The second-order valence-corrected chi connectivity index (χ2v) is 5.88. The summed E-state index contributed by atoms with van der Waals surface area (Å²) < 4.78 is 7.24. The minimum absolute atomic E-state index is 0.289. The number of aromatic nitrogens is 3. The molecule has 0 radical (unpaired) electrons. The maximum atomic E-state index is 12.7. The molecule has 1 N–H and O–H groups in total. The second kappa shape index (κ2) is 7.29. The van der Waals surface area contributed by atoms with Gasteiger partial charge in [0.1, 0.15) is 5.75 Å². The summed E-state index contributed by atoms with van der Waals surface area (Å²) >= 11 is 0. The number of anilines is 1. The van der Waals surface area contributed by atoms with E-state index < -0.39 is 0 Å². The Hall–Kier alpha value is -3.67. The van der Waals surface area contributed by atoms with E-state index >= 15 is 0 Å². The lowest BCUT2D eigenvalue weighted by Crippen LogP contribution is -2.13. The summed E-state index contributed by atoms with van der Waals surface area (Å²) in [5, 5.41) is 7.33. The van der Waals surface area contributed by atoms with Crippen LogP contribution in [0, 0.1) is 0 Å². The molecule has 0 saturated carbocycles. The number of nitrogens with one attached hydrogen (secondary N) is 1. The van der Waals surface area contributed by atoms with Crippen LogP contribution in [0.15, 0.2) is 72.9 Å². The zero-order chi connectivity index (χ0) is 18.6. The Morgan fingerprint density at radius 1 is 1.07 bits per heavy atom. The van der Waals surface area contributed by atoms with Gasteiger partial charge in [0.05, 0.1) is 18.0 Å². The van der Waals surface area contributed by atoms with Crippen LogP contribution < -0.4 is 10.1 Å². The summed E-state index contributed by atoms with van der Waals surface area (Å²) in [5.74, 6) is 0.312. The quantitative estimate of drug-likeness (QED) is 0.584. The molecule has 0 bridgehead atoms. The first-order chi connectivity index (χ1) is 13.3. The molecule has 0 atom stereocenters. The number of hydrogen-bond donors (Lipinski definition) is 1. The van der Waals surface area contributed by atoms with Crippen LogP contribution in [0.5, 0.6) is 5.75 Å². The number of rotatable bonds is 5. The third-order valence-electron chi connectivity index (χ3n) is 4.10. The number of benzene rings is 2. The van der Waals surface area contributed by atoms with Gasteiger partial charge >= 0.3 is 0 Å². The number of ether oxygens (including phenoxy) is 1. The zero-order valence-corrected chi connectivity index (χ0v) is 14.8. The van der Waals surface area contributed by atoms with Gasteiger partial charge in [-0.1, -0.05) is 42.5 Å². The van der Waals surface area contributed by atoms with Crippen molar-refractivity contribution in [2.24, 2.45) is 0 Å². The molecule has 4 rings (SSSR count). The first-order valence-corrected chi connectivity index (χ1v) is 8.69. The van der Waals surface area contributed by atoms with Gasteiger partial charge in [0.2, 0.25) is 0 Å². The van der Waals surface area contributed by atoms with Gasteiger partial charge in [-0.05, 0) is 25.1 Å². The van der Waals surface area contributed by atoms with Gasteiger partial charge in [0.25, 0.3) is 5.91 Å². The van der Waals surface area contributed by atoms with Crippen LogP contribution in [0.3, 0.4) is 0 Å². The van der Waals surface area contributed by atoms with E-state index in [1.807, 2.05) is 61.5 Å². The Balaban J connectivity index is 1.68. The highest BCUT2D eigenvalue weighted by molar-refractivity contribution is 6.04. The van der Waals surface area contributed by atoms with Crippen LogP contribution >= 0.6 is 0 Å². The van der Waals surface area contributed by atoms with Crippen LogP contribution in [-0.4, -0.2) is 27.1 Å². The number of amides is 1. The summed E-state index contributed by atoms with van der Waals surface area (Å²) in [6.07, 6.45) is 1.71. The van der Waals surface area contributed by atoms with Gasteiger partial charge in [0, 0.05) is 17.8 Å². The molecule has 2 heterocycles. The first kappa shape index (κ1) is 16.8. The maximum absolute atomic E-state index is 12.7. The third-order valence-corrected chi connectivity index (χ3v) is 4.10. The molecule has 0 spiro atoms. The lowest BCUT2D eigenvalue weighted by atomic mass is 10.1. The lowest BCUT2D eigenvalue weighted by molar-refractivity contribution is 0.102. The van der Waals surface area contributed by atoms with Crippen LogP contribution in [0.1, 0.15) is 17.4 Å². The van der Waals surface area contributed by atoms with Crippen molar-refractivity contribution in [3.05, 3.63) is 78.6 Å². The molecule has 134 valence electrons. The van der Waals surface area contributed by atoms with Crippen LogP contribution in [0.25, 0.3) is 16.9 Å². The fourth-order valence-electron chi connectivity index (χ4n) is 2.87. The molecule has 2 aromatic carbocycles. The molecule has 0 fully saturated rings. The number of carbonyl (C=O) groups excluding carboxylic acids is 1. The second-order valence-electron chi connectivity index (χ2n) is 5.88. The molecule has 0 aliphatic heterocycles. The number of fused-ring (bicyclic) bond motifs is 1. The first-order valence-electron chi connectivity index (χ1n) is 8.69. The van der Waals surface area contributed by atoms with Crippen LogP contribution in [0.4, 0.5) is 5.69 Å². The number of para-hydroxylation sites is 2. The van der Waals surface area contributed by atoms with Crippen LogP contribution in [0.2, 0.25) is 0 Å². The van der Waals surface area contributed by atoms with E-state index in [-0.39, 0.29) is 11.6 Å². The van der Waals surface area contributed by atoms with Crippen molar-refractivity contribution in [3.8, 4) is 17.0 Å².